The lowest BCUT2D eigenvalue weighted by Gasteiger charge is -2.36. The van der Waals surface area contributed by atoms with Gasteiger partial charge in [0.05, 0.1) is 17.3 Å². The highest BCUT2D eigenvalue weighted by Crippen LogP contribution is 2.27. The average molecular weight is 269 g/mol. The Morgan fingerprint density at radius 3 is 2.56 bits per heavy atom. The minimum Gasteiger partial charge on any atom is -0.395 e. The highest BCUT2D eigenvalue weighted by molar-refractivity contribution is 6.33. The molecule has 0 amide bonds. The first kappa shape index (κ1) is 13.3. The second-order valence-corrected chi connectivity index (χ2v) is 4.79. The molecule has 1 aliphatic rings. The van der Waals surface area contributed by atoms with E-state index in [2.05, 4.69) is 9.80 Å². The highest BCUT2D eigenvalue weighted by Gasteiger charge is 2.18. The fraction of sp³-hybridized carbons (Fsp3) is 0.462. The van der Waals surface area contributed by atoms with Crippen LogP contribution in [0.1, 0.15) is 10.4 Å². The number of β-amino-alcohol motifs (C(OH)–C–C–N with tert-alkyl or cyclic N) is 1. The summed E-state index contributed by atoms with van der Waals surface area (Å²) in [5.41, 5.74) is 1.58. The third kappa shape index (κ3) is 3.02. The molecule has 2 rings (SSSR count). The molecule has 0 aromatic heterocycles. The molecular weight excluding hydrogens is 252 g/mol. The van der Waals surface area contributed by atoms with Gasteiger partial charge in [-0.3, -0.25) is 9.69 Å². The van der Waals surface area contributed by atoms with E-state index in [-0.39, 0.29) is 6.61 Å². The van der Waals surface area contributed by atoms with Gasteiger partial charge in [-0.2, -0.15) is 0 Å². The van der Waals surface area contributed by atoms with E-state index in [1.54, 1.807) is 12.1 Å². The molecule has 0 spiro atoms. The summed E-state index contributed by atoms with van der Waals surface area (Å²) in [6, 6.07) is 5.38. The lowest BCUT2D eigenvalue weighted by molar-refractivity contribution is 0.112. The zero-order valence-corrected chi connectivity index (χ0v) is 10.9. The predicted molar refractivity (Wildman–Crippen MR) is 72.6 cm³/mol. The minimum absolute atomic E-state index is 0.203. The third-order valence-corrected chi connectivity index (χ3v) is 3.54. The number of hydrogen-bond acceptors (Lipinski definition) is 4. The minimum atomic E-state index is 0.203. The second-order valence-electron chi connectivity index (χ2n) is 4.38. The topological polar surface area (TPSA) is 43.8 Å². The van der Waals surface area contributed by atoms with Crippen molar-refractivity contribution in [2.24, 2.45) is 0 Å². The first-order chi connectivity index (χ1) is 8.74. The number of piperazine rings is 1. The van der Waals surface area contributed by atoms with E-state index in [0.29, 0.717) is 10.6 Å². The lowest BCUT2D eigenvalue weighted by atomic mass is 10.2. The van der Waals surface area contributed by atoms with Gasteiger partial charge >= 0.3 is 0 Å². The molecule has 4 nitrogen and oxygen atoms in total. The zero-order chi connectivity index (χ0) is 13.0. The Bertz CT molecular complexity index is 417. The van der Waals surface area contributed by atoms with Crippen LogP contribution in [0, 0.1) is 0 Å². The fourth-order valence-electron chi connectivity index (χ4n) is 2.21. The van der Waals surface area contributed by atoms with Crippen molar-refractivity contribution >= 4 is 23.6 Å². The molecule has 0 saturated carbocycles. The Morgan fingerprint density at radius 2 is 2.00 bits per heavy atom. The van der Waals surface area contributed by atoms with Gasteiger partial charge in [0.25, 0.3) is 0 Å². The van der Waals surface area contributed by atoms with Crippen molar-refractivity contribution in [3.8, 4) is 0 Å². The molecule has 1 saturated heterocycles. The number of halogens is 1. The molecule has 0 bridgehead atoms. The monoisotopic (exact) mass is 268 g/mol. The largest absolute Gasteiger partial charge is 0.395 e. The van der Waals surface area contributed by atoms with Gasteiger partial charge in [-0.15, -0.1) is 0 Å². The number of rotatable bonds is 4. The number of carbonyl (C=O) groups is 1. The number of aliphatic hydroxyl groups is 1. The molecule has 1 N–H and O–H groups in total. The van der Waals surface area contributed by atoms with Gasteiger partial charge in [-0.05, 0) is 18.2 Å². The van der Waals surface area contributed by atoms with Gasteiger partial charge in [0, 0.05) is 38.3 Å². The molecule has 0 radical (unpaired) electrons. The summed E-state index contributed by atoms with van der Waals surface area (Å²) in [6.07, 6.45) is 0.800. The van der Waals surface area contributed by atoms with E-state index in [9.17, 15) is 4.79 Å². The van der Waals surface area contributed by atoms with Crippen LogP contribution >= 0.6 is 11.6 Å². The maximum atomic E-state index is 10.7. The number of nitrogens with zero attached hydrogens (tertiary/aromatic N) is 2. The summed E-state index contributed by atoms with van der Waals surface area (Å²) in [4.78, 5) is 15.1. The van der Waals surface area contributed by atoms with Gasteiger partial charge in [-0.25, -0.2) is 0 Å². The maximum absolute atomic E-state index is 10.7. The Labute approximate surface area is 112 Å². The highest BCUT2D eigenvalue weighted by atomic mass is 35.5. The quantitative estimate of drug-likeness (QED) is 0.836. The summed E-state index contributed by atoms with van der Waals surface area (Å²) < 4.78 is 0. The number of carbonyl (C=O) groups excluding carboxylic acids is 1. The molecule has 0 atom stereocenters. The SMILES string of the molecule is O=Cc1ccc(N2CCN(CCO)CC2)c(Cl)c1. The normalized spacial score (nSPS) is 16.9. The number of aliphatic hydroxyl groups excluding tert-OH is 1. The van der Waals surface area contributed by atoms with Gasteiger partial charge in [0.2, 0.25) is 0 Å². The fourth-order valence-corrected chi connectivity index (χ4v) is 2.52. The van der Waals surface area contributed by atoms with E-state index in [0.717, 1.165) is 44.7 Å². The molecule has 1 aromatic carbocycles. The molecule has 1 aromatic rings. The van der Waals surface area contributed by atoms with Crippen molar-refractivity contribution in [2.45, 2.75) is 0 Å². The van der Waals surface area contributed by atoms with E-state index in [4.69, 9.17) is 16.7 Å². The van der Waals surface area contributed by atoms with Gasteiger partial charge in [0.1, 0.15) is 6.29 Å². The van der Waals surface area contributed by atoms with Gasteiger partial charge in [-0.1, -0.05) is 11.6 Å². The van der Waals surface area contributed by atoms with Crippen molar-refractivity contribution in [3.63, 3.8) is 0 Å². The van der Waals surface area contributed by atoms with Gasteiger partial charge in [0.15, 0.2) is 0 Å². The van der Waals surface area contributed by atoms with E-state index < -0.39 is 0 Å². The molecule has 1 aliphatic heterocycles. The summed E-state index contributed by atoms with van der Waals surface area (Å²) in [6.45, 7) is 4.55. The van der Waals surface area contributed by atoms with Crippen molar-refractivity contribution in [1.29, 1.82) is 0 Å². The summed E-state index contributed by atoms with van der Waals surface area (Å²) in [7, 11) is 0. The Kier molecular flexibility index (Phi) is 4.58. The third-order valence-electron chi connectivity index (χ3n) is 3.24. The summed E-state index contributed by atoms with van der Waals surface area (Å²) in [5, 5.41) is 9.51. The predicted octanol–water partition coefficient (Wildman–Crippen LogP) is 1.27. The Hall–Kier alpha value is -1.10. The Balaban J connectivity index is 2.03. The number of aldehydes is 1. The van der Waals surface area contributed by atoms with Crippen LogP contribution in [0.3, 0.4) is 0 Å². The molecule has 0 aliphatic carbocycles. The molecule has 98 valence electrons. The molecular formula is C13H17ClN2O2. The van der Waals surface area contributed by atoms with Crippen molar-refractivity contribution < 1.29 is 9.90 Å². The summed E-state index contributed by atoms with van der Waals surface area (Å²) >= 11 is 6.18. The van der Waals surface area contributed by atoms with E-state index in [1.807, 2.05) is 6.07 Å². The van der Waals surface area contributed by atoms with E-state index >= 15 is 0 Å². The molecule has 1 fully saturated rings. The first-order valence-electron chi connectivity index (χ1n) is 6.07. The number of anilines is 1. The van der Waals surface area contributed by atoms with Crippen LogP contribution < -0.4 is 4.90 Å². The average Bonchev–Trinajstić information content (AvgIpc) is 2.40. The van der Waals surface area contributed by atoms with Crippen LogP contribution in [0.2, 0.25) is 5.02 Å². The Morgan fingerprint density at radius 1 is 1.28 bits per heavy atom. The maximum Gasteiger partial charge on any atom is 0.150 e. The van der Waals surface area contributed by atoms with Crippen LogP contribution in [0.4, 0.5) is 5.69 Å². The van der Waals surface area contributed by atoms with Crippen LogP contribution in [0.15, 0.2) is 18.2 Å². The number of hydrogen-bond donors (Lipinski definition) is 1. The second kappa shape index (κ2) is 6.18. The van der Waals surface area contributed by atoms with Crippen LogP contribution in [-0.4, -0.2) is 55.6 Å². The zero-order valence-electron chi connectivity index (χ0n) is 10.2. The van der Waals surface area contributed by atoms with Crippen LogP contribution in [-0.2, 0) is 0 Å². The number of benzene rings is 1. The molecule has 0 unspecified atom stereocenters. The van der Waals surface area contributed by atoms with Crippen molar-refractivity contribution in [1.82, 2.24) is 4.90 Å². The smallest absolute Gasteiger partial charge is 0.150 e. The molecule has 18 heavy (non-hydrogen) atoms. The molecule has 5 heteroatoms. The first-order valence-corrected chi connectivity index (χ1v) is 6.45. The van der Waals surface area contributed by atoms with Crippen molar-refractivity contribution in [3.05, 3.63) is 28.8 Å². The van der Waals surface area contributed by atoms with Crippen LogP contribution in [0.25, 0.3) is 0 Å². The van der Waals surface area contributed by atoms with Crippen molar-refractivity contribution in [2.75, 3.05) is 44.2 Å². The lowest BCUT2D eigenvalue weighted by Crippen LogP contribution is -2.47. The van der Waals surface area contributed by atoms with Gasteiger partial charge < -0.3 is 10.0 Å². The standard InChI is InChI=1S/C13H17ClN2O2/c14-12-9-11(10-18)1-2-13(12)16-5-3-15(4-6-16)7-8-17/h1-2,9-10,17H,3-8H2. The van der Waals surface area contributed by atoms with Crippen LogP contribution in [0.5, 0.6) is 0 Å². The van der Waals surface area contributed by atoms with E-state index in [1.165, 1.54) is 0 Å². The summed E-state index contributed by atoms with van der Waals surface area (Å²) in [5.74, 6) is 0. The molecule has 1 heterocycles.